The highest BCUT2D eigenvalue weighted by atomic mass is 19.1. The number of ketones is 1. The minimum atomic E-state index is -0.476. The minimum absolute atomic E-state index is 0.0186. The van der Waals surface area contributed by atoms with Gasteiger partial charge in [-0.25, -0.2) is 4.39 Å². The van der Waals surface area contributed by atoms with Crippen LogP contribution in [0.2, 0.25) is 0 Å². The fourth-order valence-electron chi connectivity index (χ4n) is 2.26. The van der Waals surface area contributed by atoms with Crippen LogP contribution in [0.25, 0.3) is 0 Å². The van der Waals surface area contributed by atoms with Gasteiger partial charge in [-0.05, 0) is 30.5 Å². The van der Waals surface area contributed by atoms with Gasteiger partial charge in [0.25, 0.3) is 0 Å². The summed E-state index contributed by atoms with van der Waals surface area (Å²) in [5.74, 6) is -1.35. The summed E-state index contributed by atoms with van der Waals surface area (Å²) in [6, 6.07) is 1.12. The Hall–Kier alpha value is -2.24. The maximum absolute atomic E-state index is 13.8. The van der Waals surface area contributed by atoms with E-state index in [1.807, 2.05) is 0 Å². The van der Waals surface area contributed by atoms with Gasteiger partial charge in [-0.2, -0.15) is 0 Å². The third kappa shape index (κ3) is 2.21. The van der Waals surface area contributed by atoms with Crippen LogP contribution in [-0.2, 0) is 11.2 Å². The molecule has 0 spiro atoms. The van der Waals surface area contributed by atoms with E-state index in [1.165, 1.54) is 6.92 Å². The highest BCUT2D eigenvalue weighted by Crippen LogP contribution is 2.31. The number of halogens is 1. The molecule has 0 aromatic heterocycles. The van der Waals surface area contributed by atoms with E-state index < -0.39 is 17.5 Å². The molecule has 0 unspecified atom stereocenters. The summed E-state index contributed by atoms with van der Waals surface area (Å²) in [6.45, 7) is 2.86. The van der Waals surface area contributed by atoms with Gasteiger partial charge in [-0.3, -0.25) is 9.59 Å². The van der Waals surface area contributed by atoms with Crippen LogP contribution < -0.4 is 5.32 Å². The summed E-state index contributed by atoms with van der Waals surface area (Å²) in [5.41, 5.74) is 1.30. The zero-order chi connectivity index (χ0) is 14.2. The summed E-state index contributed by atoms with van der Waals surface area (Å²) >= 11 is 0. The van der Waals surface area contributed by atoms with Crippen LogP contribution in [0.4, 0.5) is 10.1 Å². The van der Waals surface area contributed by atoms with Crippen molar-refractivity contribution in [3.63, 3.8) is 0 Å². The quantitative estimate of drug-likeness (QED) is 0.602. The Morgan fingerprint density at radius 1 is 1.47 bits per heavy atom. The fourth-order valence-corrected chi connectivity index (χ4v) is 2.26. The Morgan fingerprint density at radius 2 is 2.16 bits per heavy atom. The number of Topliss-reactive ketones (excluding diaryl/α,β-unsaturated/α-hetero) is 1. The molecule has 1 aromatic carbocycles. The Kier molecular flexibility index (Phi) is 3.33. The van der Waals surface area contributed by atoms with Gasteiger partial charge in [0, 0.05) is 13.3 Å². The lowest BCUT2D eigenvalue weighted by molar-refractivity contribution is -0.114. The molecule has 19 heavy (non-hydrogen) atoms. The van der Waals surface area contributed by atoms with Crippen molar-refractivity contribution >= 4 is 23.1 Å². The van der Waals surface area contributed by atoms with E-state index in [2.05, 4.69) is 10.5 Å². The molecule has 6 heteroatoms. The molecule has 0 saturated carbocycles. The second kappa shape index (κ2) is 4.79. The Morgan fingerprint density at radius 3 is 2.74 bits per heavy atom. The van der Waals surface area contributed by atoms with Crippen LogP contribution in [-0.4, -0.2) is 22.6 Å². The number of carbonyl (C=O) groups excluding carboxylic acids is 2. The summed E-state index contributed by atoms with van der Waals surface area (Å²) in [7, 11) is 0. The second-order valence-corrected chi connectivity index (χ2v) is 4.44. The average Bonchev–Trinajstić information content (AvgIpc) is 2.34. The first-order valence-electron chi connectivity index (χ1n) is 5.81. The number of rotatable bonds is 1. The molecule has 0 atom stereocenters. The van der Waals surface area contributed by atoms with Gasteiger partial charge in [0.2, 0.25) is 11.7 Å². The summed E-state index contributed by atoms with van der Waals surface area (Å²) in [5, 5.41) is 14.2. The van der Waals surface area contributed by atoms with E-state index in [0.29, 0.717) is 17.5 Å². The van der Waals surface area contributed by atoms with E-state index >= 15 is 0 Å². The smallest absolute Gasteiger partial charge is 0.221 e. The summed E-state index contributed by atoms with van der Waals surface area (Å²) in [4.78, 5) is 23.3. The lowest BCUT2D eigenvalue weighted by atomic mass is 9.85. The van der Waals surface area contributed by atoms with Gasteiger partial charge >= 0.3 is 0 Å². The lowest BCUT2D eigenvalue weighted by Gasteiger charge is -2.21. The molecule has 0 aliphatic heterocycles. The molecular formula is C13H13FN2O3. The Balaban J connectivity index is 2.67. The molecule has 2 N–H and O–H groups in total. The van der Waals surface area contributed by atoms with Crippen LogP contribution in [0, 0.1) is 12.7 Å². The number of oxime groups is 1. The molecular weight excluding hydrogens is 251 g/mol. The van der Waals surface area contributed by atoms with E-state index in [9.17, 15) is 14.0 Å². The van der Waals surface area contributed by atoms with Gasteiger partial charge in [0.15, 0.2) is 0 Å². The number of nitrogens with zero attached hydrogens (tertiary/aromatic N) is 1. The van der Waals surface area contributed by atoms with Crippen molar-refractivity contribution in [1.29, 1.82) is 0 Å². The standard InChI is InChI=1S/C13H13FN2O3/c1-6-8-3-4-10(16-19)13(18)12(8)11(5-9(6)14)15-7(2)17/h5,19H,3-4H2,1-2H3,(H,15,17). The van der Waals surface area contributed by atoms with Crippen LogP contribution in [0.5, 0.6) is 0 Å². The summed E-state index contributed by atoms with van der Waals surface area (Å²) in [6.07, 6.45) is 0.656. The van der Waals surface area contributed by atoms with Crippen molar-refractivity contribution in [2.24, 2.45) is 5.16 Å². The minimum Gasteiger partial charge on any atom is -0.411 e. The molecule has 0 bridgehead atoms. The maximum atomic E-state index is 13.8. The van der Waals surface area contributed by atoms with Crippen LogP contribution >= 0.6 is 0 Å². The molecule has 0 radical (unpaired) electrons. The molecule has 0 fully saturated rings. The van der Waals surface area contributed by atoms with Gasteiger partial charge in [0.1, 0.15) is 11.5 Å². The van der Waals surface area contributed by atoms with E-state index in [0.717, 1.165) is 6.07 Å². The zero-order valence-electron chi connectivity index (χ0n) is 10.6. The van der Waals surface area contributed by atoms with Crippen LogP contribution in [0.1, 0.15) is 34.8 Å². The topological polar surface area (TPSA) is 78.8 Å². The molecule has 0 heterocycles. The highest BCUT2D eigenvalue weighted by molar-refractivity contribution is 6.48. The van der Waals surface area contributed by atoms with E-state index in [1.54, 1.807) is 6.92 Å². The predicted octanol–water partition coefficient (Wildman–Crippen LogP) is 2.05. The first kappa shape index (κ1) is 13.2. The monoisotopic (exact) mass is 264 g/mol. The number of anilines is 1. The number of fused-ring (bicyclic) bond motifs is 1. The number of carbonyl (C=O) groups is 2. The molecule has 100 valence electrons. The number of hydrogen-bond acceptors (Lipinski definition) is 4. The first-order chi connectivity index (χ1) is 8.95. The molecule has 0 saturated heterocycles. The fraction of sp³-hybridized carbons (Fsp3) is 0.308. The first-order valence-corrected chi connectivity index (χ1v) is 5.81. The summed E-state index contributed by atoms with van der Waals surface area (Å²) < 4.78 is 13.8. The second-order valence-electron chi connectivity index (χ2n) is 4.44. The number of amides is 1. The molecule has 1 amide bonds. The molecule has 1 aliphatic carbocycles. The maximum Gasteiger partial charge on any atom is 0.221 e. The predicted molar refractivity (Wildman–Crippen MR) is 67.3 cm³/mol. The van der Waals surface area contributed by atoms with Crippen molar-refractivity contribution in [2.75, 3.05) is 5.32 Å². The van der Waals surface area contributed by atoms with Gasteiger partial charge in [0.05, 0.1) is 11.3 Å². The number of hydrogen-bond donors (Lipinski definition) is 2. The molecule has 5 nitrogen and oxygen atoms in total. The van der Waals surface area contributed by atoms with Crippen molar-refractivity contribution in [1.82, 2.24) is 0 Å². The number of benzene rings is 1. The van der Waals surface area contributed by atoms with Crippen LogP contribution in [0.3, 0.4) is 0 Å². The van der Waals surface area contributed by atoms with Crippen molar-refractivity contribution in [2.45, 2.75) is 26.7 Å². The third-order valence-electron chi connectivity index (χ3n) is 3.19. The van der Waals surface area contributed by atoms with Gasteiger partial charge in [-0.15, -0.1) is 0 Å². The highest BCUT2D eigenvalue weighted by Gasteiger charge is 2.29. The largest absolute Gasteiger partial charge is 0.411 e. The van der Waals surface area contributed by atoms with Crippen molar-refractivity contribution in [3.8, 4) is 0 Å². The van der Waals surface area contributed by atoms with Crippen molar-refractivity contribution < 1.29 is 19.2 Å². The molecule has 1 aromatic rings. The third-order valence-corrected chi connectivity index (χ3v) is 3.19. The van der Waals surface area contributed by atoms with Crippen LogP contribution in [0.15, 0.2) is 11.2 Å². The van der Waals surface area contributed by atoms with E-state index in [4.69, 9.17) is 5.21 Å². The van der Waals surface area contributed by atoms with E-state index in [-0.39, 0.29) is 23.4 Å². The molecule has 2 rings (SSSR count). The Bertz CT molecular complexity index is 608. The molecule has 1 aliphatic rings. The average molecular weight is 264 g/mol. The van der Waals surface area contributed by atoms with Crippen molar-refractivity contribution in [3.05, 3.63) is 28.6 Å². The number of nitrogens with one attached hydrogen (secondary N) is 1. The zero-order valence-corrected chi connectivity index (χ0v) is 10.6. The SMILES string of the molecule is CC(=O)Nc1cc(F)c(C)c2c1C(=O)C(=NO)CC2. The van der Waals surface area contributed by atoms with Gasteiger partial charge in [-0.1, -0.05) is 5.16 Å². The van der Waals surface area contributed by atoms with Gasteiger partial charge < -0.3 is 10.5 Å². The normalized spacial score (nSPS) is 16.4. The Labute approximate surface area is 109 Å². The lowest BCUT2D eigenvalue weighted by Crippen LogP contribution is -2.26.